The van der Waals surface area contributed by atoms with Crippen LogP contribution in [0.1, 0.15) is 30.5 Å². The Morgan fingerprint density at radius 2 is 1.86 bits per heavy atom. The van der Waals surface area contributed by atoms with E-state index >= 15 is 0 Å². The van der Waals surface area contributed by atoms with Gasteiger partial charge >= 0.3 is 0 Å². The molecular formula is C16H20BrNO3. The van der Waals surface area contributed by atoms with Gasteiger partial charge in [0.2, 0.25) is 0 Å². The van der Waals surface area contributed by atoms with Crippen LogP contribution in [0.2, 0.25) is 0 Å². The van der Waals surface area contributed by atoms with E-state index < -0.39 is 0 Å². The lowest BCUT2D eigenvalue weighted by Crippen LogP contribution is -2.23. The van der Waals surface area contributed by atoms with Gasteiger partial charge in [0, 0.05) is 11.6 Å². The number of hydrogen-bond donors (Lipinski definition) is 1. The van der Waals surface area contributed by atoms with E-state index in [0.717, 1.165) is 40.3 Å². The van der Waals surface area contributed by atoms with E-state index in [2.05, 4.69) is 28.2 Å². The van der Waals surface area contributed by atoms with Gasteiger partial charge in [0.25, 0.3) is 0 Å². The lowest BCUT2D eigenvalue weighted by Gasteiger charge is -2.20. The van der Waals surface area contributed by atoms with Crippen molar-refractivity contribution in [3.8, 4) is 11.5 Å². The fourth-order valence-corrected chi connectivity index (χ4v) is 2.67. The van der Waals surface area contributed by atoms with Crippen LogP contribution >= 0.6 is 15.9 Å². The minimum atomic E-state index is 0.0158. The first-order valence-electron chi connectivity index (χ1n) is 6.88. The number of furan rings is 1. The third-order valence-corrected chi connectivity index (χ3v) is 3.91. The van der Waals surface area contributed by atoms with E-state index in [1.807, 2.05) is 24.3 Å². The first-order valence-corrected chi connectivity index (χ1v) is 7.68. The Morgan fingerprint density at radius 3 is 2.33 bits per heavy atom. The summed E-state index contributed by atoms with van der Waals surface area (Å²) in [7, 11) is 3.31. The predicted molar refractivity (Wildman–Crippen MR) is 86.1 cm³/mol. The van der Waals surface area contributed by atoms with Crippen molar-refractivity contribution in [2.45, 2.75) is 19.4 Å². The van der Waals surface area contributed by atoms with E-state index in [4.69, 9.17) is 13.9 Å². The van der Waals surface area contributed by atoms with Crippen molar-refractivity contribution in [1.82, 2.24) is 5.32 Å². The molecule has 1 aromatic carbocycles. The van der Waals surface area contributed by atoms with Crippen LogP contribution in [0.4, 0.5) is 0 Å². The van der Waals surface area contributed by atoms with Crippen LogP contribution in [-0.4, -0.2) is 20.8 Å². The third-order valence-electron chi connectivity index (χ3n) is 3.26. The van der Waals surface area contributed by atoms with Crippen molar-refractivity contribution < 1.29 is 13.9 Å². The van der Waals surface area contributed by atoms with Crippen LogP contribution in [0.15, 0.2) is 39.6 Å². The summed E-state index contributed by atoms with van der Waals surface area (Å²) in [5, 5.41) is 3.53. The Hall–Kier alpha value is -1.46. The smallest absolute Gasteiger partial charge is 0.174 e. The molecular weight excluding hydrogens is 334 g/mol. The number of halogens is 1. The van der Waals surface area contributed by atoms with Crippen LogP contribution < -0.4 is 14.8 Å². The van der Waals surface area contributed by atoms with Crippen LogP contribution in [0, 0.1) is 0 Å². The van der Waals surface area contributed by atoms with Crippen molar-refractivity contribution >= 4 is 15.9 Å². The molecule has 0 spiro atoms. The molecule has 114 valence electrons. The lowest BCUT2D eigenvalue weighted by atomic mass is 10.0. The number of benzene rings is 1. The van der Waals surface area contributed by atoms with Crippen LogP contribution in [0.25, 0.3) is 0 Å². The van der Waals surface area contributed by atoms with Gasteiger partial charge in [0.1, 0.15) is 11.5 Å². The molecule has 5 heteroatoms. The molecule has 0 aliphatic carbocycles. The minimum absolute atomic E-state index is 0.0158. The van der Waals surface area contributed by atoms with Crippen LogP contribution in [-0.2, 0) is 0 Å². The minimum Gasteiger partial charge on any atom is -0.497 e. The summed E-state index contributed by atoms with van der Waals surface area (Å²) >= 11 is 3.46. The second kappa shape index (κ2) is 7.52. The Morgan fingerprint density at radius 1 is 1.19 bits per heavy atom. The molecule has 1 N–H and O–H groups in total. The van der Waals surface area contributed by atoms with Gasteiger partial charge in [0.15, 0.2) is 4.67 Å². The number of rotatable bonds is 7. The van der Waals surface area contributed by atoms with E-state index in [0.29, 0.717) is 0 Å². The molecule has 0 radical (unpaired) electrons. The Labute approximate surface area is 133 Å². The number of nitrogens with one attached hydrogen (secondary N) is 1. The Bertz CT molecular complexity index is 560. The lowest BCUT2D eigenvalue weighted by molar-refractivity contribution is 0.392. The highest BCUT2D eigenvalue weighted by atomic mass is 79.9. The molecule has 1 aromatic heterocycles. The highest BCUT2D eigenvalue weighted by Gasteiger charge is 2.19. The number of methoxy groups -OCH3 is 2. The molecule has 1 atom stereocenters. The summed E-state index contributed by atoms with van der Waals surface area (Å²) in [5.74, 6) is 1.54. The molecule has 4 nitrogen and oxygen atoms in total. The summed E-state index contributed by atoms with van der Waals surface area (Å²) in [4.78, 5) is 0. The van der Waals surface area contributed by atoms with Crippen molar-refractivity contribution in [2.24, 2.45) is 0 Å². The average Bonchev–Trinajstić information content (AvgIpc) is 2.93. The Kier molecular flexibility index (Phi) is 5.70. The zero-order chi connectivity index (χ0) is 15.2. The Balaban J connectivity index is 2.43. The molecule has 0 aliphatic rings. The molecule has 0 fully saturated rings. The van der Waals surface area contributed by atoms with Crippen LogP contribution in [0.3, 0.4) is 0 Å². The molecule has 21 heavy (non-hydrogen) atoms. The van der Waals surface area contributed by atoms with Gasteiger partial charge in [-0.3, -0.25) is 0 Å². The number of hydrogen-bond acceptors (Lipinski definition) is 4. The quantitative estimate of drug-likeness (QED) is 0.811. The zero-order valence-electron chi connectivity index (χ0n) is 12.5. The first-order chi connectivity index (χ1) is 10.2. The summed E-state index contributed by atoms with van der Waals surface area (Å²) in [6, 6.07) is 7.86. The standard InChI is InChI=1S/C16H20BrNO3/c1-4-6-18-15(14-5-7-21-16(14)17)11-8-12(19-2)10-13(9-11)20-3/h5,7-10,15,18H,4,6H2,1-3H3. The van der Waals surface area contributed by atoms with Gasteiger partial charge in [-0.1, -0.05) is 6.92 Å². The maximum Gasteiger partial charge on any atom is 0.174 e. The van der Waals surface area contributed by atoms with Crippen molar-refractivity contribution in [2.75, 3.05) is 20.8 Å². The van der Waals surface area contributed by atoms with Crippen LogP contribution in [0.5, 0.6) is 11.5 Å². The zero-order valence-corrected chi connectivity index (χ0v) is 14.1. The van der Waals surface area contributed by atoms with E-state index in [1.54, 1.807) is 20.5 Å². The van der Waals surface area contributed by atoms with Crippen molar-refractivity contribution in [1.29, 1.82) is 0 Å². The first kappa shape index (κ1) is 15.9. The van der Waals surface area contributed by atoms with Gasteiger partial charge in [-0.2, -0.15) is 0 Å². The monoisotopic (exact) mass is 353 g/mol. The SMILES string of the molecule is CCCNC(c1cc(OC)cc(OC)c1)c1ccoc1Br. The predicted octanol–water partition coefficient (Wildman–Crippen LogP) is 4.15. The highest BCUT2D eigenvalue weighted by molar-refractivity contribution is 9.10. The summed E-state index contributed by atoms with van der Waals surface area (Å²) < 4.78 is 16.8. The van der Waals surface area contributed by atoms with E-state index in [-0.39, 0.29) is 6.04 Å². The normalized spacial score (nSPS) is 12.2. The molecule has 0 amide bonds. The fourth-order valence-electron chi connectivity index (χ4n) is 2.20. The van der Waals surface area contributed by atoms with E-state index in [9.17, 15) is 0 Å². The van der Waals surface area contributed by atoms with Gasteiger partial charge < -0.3 is 19.2 Å². The summed E-state index contributed by atoms with van der Waals surface area (Å²) in [6.07, 6.45) is 2.73. The van der Waals surface area contributed by atoms with Crippen molar-refractivity contribution in [3.05, 3.63) is 46.3 Å². The maximum absolute atomic E-state index is 5.37. The van der Waals surface area contributed by atoms with Gasteiger partial charge in [0.05, 0.1) is 26.5 Å². The maximum atomic E-state index is 5.37. The molecule has 0 aliphatic heterocycles. The third kappa shape index (κ3) is 3.80. The fraction of sp³-hybridized carbons (Fsp3) is 0.375. The topological polar surface area (TPSA) is 43.6 Å². The summed E-state index contributed by atoms with van der Waals surface area (Å²) in [5.41, 5.74) is 2.13. The van der Waals surface area contributed by atoms with E-state index in [1.165, 1.54) is 0 Å². The largest absolute Gasteiger partial charge is 0.497 e. The highest BCUT2D eigenvalue weighted by Crippen LogP contribution is 2.33. The summed E-state index contributed by atoms with van der Waals surface area (Å²) in [6.45, 7) is 3.04. The molecule has 0 saturated carbocycles. The van der Waals surface area contributed by atoms with Gasteiger partial charge in [-0.05, 0) is 52.7 Å². The van der Waals surface area contributed by atoms with Gasteiger partial charge in [-0.15, -0.1) is 0 Å². The second-order valence-corrected chi connectivity index (χ2v) is 5.40. The molecule has 2 rings (SSSR count). The average molecular weight is 354 g/mol. The molecule has 0 bridgehead atoms. The molecule has 1 unspecified atom stereocenters. The molecule has 2 aromatic rings. The van der Waals surface area contributed by atoms with Gasteiger partial charge in [-0.25, -0.2) is 0 Å². The molecule has 0 saturated heterocycles. The van der Waals surface area contributed by atoms with Crippen molar-refractivity contribution in [3.63, 3.8) is 0 Å². The number of ether oxygens (including phenoxy) is 2. The second-order valence-electron chi connectivity index (χ2n) is 4.68. The molecule has 1 heterocycles.